The van der Waals surface area contributed by atoms with E-state index in [2.05, 4.69) is 72.2 Å². The minimum absolute atomic E-state index is 0.673. The predicted molar refractivity (Wildman–Crippen MR) is 95.7 cm³/mol. The summed E-state index contributed by atoms with van der Waals surface area (Å²) in [7, 11) is 0. The molecule has 0 bridgehead atoms. The largest absolute Gasteiger partial charge is 0.143 e. The standard InChI is InChI=1S/C15H20S4/c1-11-4-5-12(14-16-6-2-7-17-14)10-13(11)15-18-8-3-9-19-15/h4-5,10,14-15H,2-3,6-9H2,1H3. The normalized spacial score (nSPS) is 22.6. The third kappa shape index (κ3) is 3.63. The summed E-state index contributed by atoms with van der Waals surface area (Å²) in [4.78, 5) is 0. The fourth-order valence-corrected chi connectivity index (χ4v) is 8.34. The number of hydrogen-bond acceptors (Lipinski definition) is 4. The van der Waals surface area contributed by atoms with Gasteiger partial charge in [0.1, 0.15) is 0 Å². The molecule has 0 unspecified atom stereocenters. The second-order valence-corrected chi connectivity index (χ2v) is 10.4. The van der Waals surface area contributed by atoms with Gasteiger partial charge in [0, 0.05) is 0 Å². The maximum atomic E-state index is 2.50. The SMILES string of the molecule is Cc1ccc(C2SCCCS2)cc1C1SCCCS1. The Morgan fingerprint density at radius 2 is 1.42 bits per heavy atom. The molecule has 0 N–H and O–H groups in total. The maximum Gasteiger partial charge on any atom is 0.0753 e. The third-order valence-corrected chi connectivity index (χ3v) is 9.48. The van der Waals surface area contributed by atoms with Gasteiger partial charge in [-0.3, -0.25) is 0 Å². The first-order valence-electron chi connectivity index (χ1n) is 6.91. The molecule has 2 fully saturated rings. The first-order chi connectivity index (χ1) is 9.34. The molecule has 0 aliphatic carbocycles. The summed E-state index contributed by atoms with van der Waals surface area (Å²) in [5.41, 5.74) is 4.60. The summed E-state index contributed by atoms with van der Waals surface area (Å²) in [6.45, 7) is 2.27. The van der Waals surface area contributed by atoms with E-state index < -0.39 is 0 Å². The minimum atomic E-state index is 0.673. The van der Waals surface area contributed by atoms with Gasteiger partial charge in [-0.25, -0.2) is 0 Å². The molecule has 0 aromatic heterocycles. The number of aryl methyl sites for hydroxylation is 1. The summed E-state index contributed by atoms with van der Waals surface area (Å²) in [6, 6.07) is 7.20. The van der Waals surface area contributed by atoms with Crippen molar-refractivity contribution in [2.75, 3.05) is 23.0 Å². The van der Waals surface area contributed by atoms with Crippen LogP contribution >= 0.6 is 47.0 Å². The number of rotatable bonds is 2. The van der Waals surface area contributed by atoms with Gasteiger partial charge >= 0.3 is 0 Å². The topological polar surface area (TPSA) is 0 Å². The molecule has 0 nitrogen and oxygen atoms in total. The lowest BCUT2D eigenvalue weighted by Crippen LogP contribution is -2.05. The first kappa shape index (κ1) is 14.6. The Morgan fingerprint density at radius 1 is 0.842 bits per heavy atom. The Kier molecular flexibility index (Phi) is 5.41. The maximum absolute atomic E-state index is 2.50. The second kappa shape index (κ2) is 7.06. The molecule has 0 amide bonds. The van der Waals surface area contributed by atoms with Crippen molar-refractivity contribution in [3.05, 3.63) is 34.9 Å². The highest BCUT2D eigenvalue weighted by atomic mass is 32.2. The third-order valence-electron chi connectivity index (χ3n) is 3.48. The molecular weight excluding hydrogens is 308 g/mol. The van der Waals surface area contributed by atoms with Crippen LogP contribution in [0.4, 0.5) is 0 Å². The van der Waals surface area contributed by atoms with Crippen molar-refractivity contribution < 1.29 is 0 Å². The second-order valence-electron chi connectivity index (χ2n) is 4.97. The number of thioether (sulfide) groups is 4. The molecule has 2 aliphatic heterocycles. The van der Waals surface area contributed by atoms with Crippen molar-refractivity contribution >= 4 is 47.0 Å². The lowest BCUT2D eigenvalue weighted by Gasteiger charge is -2.26. The van der Waals surface area contributed by atoms with E-state index in [1.807, 2.05) is 0 Å². The molecule has 1 aromatic rings. The number of benzene rings is 1. The van der Waals surface area contributed by atoms with Crippen molar-refractivity contribution in [2.24, 2.45) is 0 Å². The van der Waals surface area contributed by atoms with Crippen LogP contribution in [0.2, 0.25) is 0 Å². The van der Waals surface area contributed by atoms with Crippen LogP contribution in [0.3, 0.4) is 0 Å². The summed E-state index contributed by atoms with van der Waals surface area (Å²) in [5, 5.41) is 0. The molecule has 0 radical (unpaired) electrons. The van der Waals surface area contributed by atoms with E-state index in [1.54, 1.807) is 11.1 Å². The minimum Gasteiger partial charge on any atom is -0.143 e. The van der Waals surface area contributed by atoms with Crippen molar-refractivity contribution in [1.29, 1.82) is 0 Å². The van der Waals surface area contributed by atoms with Gasteiger partial charge in [0.2, 0.25) is 0 Å². The predicted octanol–water partition coefficient (Wildman–Crippen LogP) is 5.73. The van der Waals surface area contributed by atoms with Crippen molar-refractivity contribution in [1.82, 2.24) is 0 Å². The fourth-order valence-electron chi connectivity index (χ4n) is 2.41. The highest BCUT2D eigenvalue weighted by molar-refractivity contribution is 8.17. The lowest BCUT2D eigenvalue weighted by atomic mass is 10.1. The smallest absolute Gasteiger partial charge is 0.0753 e. The molecule has 4 heteroatoms. The Labute approximate surface area is 133 Å². The Hall–Kier alpha value is 0.620. The van der Waals surface area contributed by atoms with Gasteiger partial charge in [-0.1, -0.05) is 18.2 Å². The Balaban J connectivity index is 1.82. The first-order valence-corrected chi connectivity index (χ1v) is 11.1. The van der Waals surface area contributed by atoms with Crippen LogP contribution in [0.1, 0.15) is 38.7 Å². The van der Waals surface area contributed by atoms with Crippen LogP contribution in [-0.4, -0.2) is 23.0 Å². The number of hydrogen-bond donors (Lipinski definition) is 0. The van der Waals surface area contributed by atoms with Crippen molar-refractivity contribution in [3.8, 4) is 0 Å². The fraction of sp³-hybridized carbons (Fsp3) is 0.600. The highest BCUT2D eigenvalue weighted by Crippen LogP contribution is 2.48. The quantitative estimate of drug-likeness (QED) is 0.679. The molecule has 2 aliphatic rings. The molecule has 1 aromatic carbocycles. The van der Waals surface area contributed by atoms with Gasteiger partial charge in [0.15, 0.2) is 0 Å². The van der Waals surface area contributed by atoms with Crippen LogP contribution < -0.4 is 0 Å². The molecule has 3 rings (SSSR count). The summed E-state index contributed by atoms with van der Waals surface area (Å²) >= 11 is 8.52. The van der Waals surface area contributed by atoms with E-state index in [4.69, 9.17) is 0 Å². The van der Waals surface area contributed by atoms with E-state index in [0.29, 0.717) is 9.16 Å². The average Bonchev–Trinajstić information content (AvgIpc) is 2.49. The molecule has 104 valence electrons. The van der Waals surface area contributed by atoms with E-state index in [0.717, 1.165) is 0 Å². The Bertz CT molecular complexity index is 420. The van der Waals surface area contributed by atoms with E-state index in [1.165, 1.54) is 41.4 Å². The molecule has 2 heterocycles. The average molecular weight is 329 g/mol. The molecule has 0 spiro atoms. The monoisotopic (exact) mass is 328 g/mol. The van der Waals surface area contributed by atoms with Crippen molar-refractivity contribution in [3.63, 3.8) is 0 Å². The van der Waals surface area contributed by atoms with Crippen LogP contribution in [0.15, 0.2) is 18.2 Å². The van der Waals surface area contributed by atoms with Gasteiger partial charge in [-0.05, 0) is 59.5 Å². The zero-order chi connectivity index (χ0) is 13.1. The lowest BCUT2D eigenvalue weighted by molar-refractivity contribution is 1.08. The van der Waals surface area contributed by atoms with Gasteiger partial charge in [0.25, 0.3) is 0 Å². The van der Waals surface area contributed by atoms with Crippen LogP contribution in [0.5, 0.6) is 0 Å². The highest BCUT2D eigenvalue weighted by Gasteiger charge is 2.22. The van der Waals surface area contributed by atoms with Crippen LogP contribution in [0, 0.1) is 6.92 Å². The van der Waals surface area contributed by atoms with E-state index in [-0.39, 0.29) is 0 Å². The summed E-state index contributed by atoms with van der Waals surface area (Å²) in [5.74, 6) is 5.31. The van der Waals surface area contributed by atoms with Crippen molar-refractivity contribution in [2.45, 2.75) is 28.9 Å². The zero-order valence-corrected chi connectivity index (χ0v) is 14.5. The van der Waals surface area contributed by atoms with E-state index >= 15 is 0 Å². The zero-order valence-electron chi connectivity index (χ0n) is 11.3. The molecule has 0 saturated carbocycles. The van der Waals surface area contributed by atoms with Crippen LogP contribution in [0.25, 0.3) is 0 Å². The van der Waals surface area contributed by atoms with Gasteiger partial charge in [0.05, 0.1) is 9.16 Å². The van der Waals surface area contributed by atoms with E-state index in [9.17, 15) is 0 Å². The molecule has 0 atom stereocenters. The Morgan fingerprint density at radius 3 is 2.05 bits per heavy atom. The van der Waals surface area contributed by atoms with Crippen LogP contribution in [-0.2, 0) is 0 Å². The van der Waals surface area contributed by atoms with Gasteiger partial charge in [-0.15, -0.1) is 47.0 Å². The summed E-state index contributed by atoms with van der Waals surface area (Å²) in [6.07, 6.45) is 2.75. The van der Waals surface area contributed by atoms with Gasteiger partial charge < -0.3 is 0 Å². The summed E-state index contributed by atoms with van der Waals surface area (Å²) < 4.78 is 1.35. The van der Waals surface area contributed by atoms with Gasteiger partial charge in [-0.2, -0.15) is 0 Å². The molecule has 2 saturated heterocycles. The molecular formula is C15H20S4. The molecule has 19 heavy (non-hydrogen) atoms.